The maximum atomic E-state index is 12.6. The summed E-state index contributed by atoms with van der Waals surface area (Å²) in [6.45, 7) is 0.769. The fraction of sp³-hybridized carbons (Fsp3) is 0.500. The molecule has 20 heavy (non-hydrogen) atoms. The summed E-state index contributed by atoms with van der Waals surface area (Å²) >= 11 is 0. The zero-order valence-electron chi connectivity index (χ0n) is 11.5. The molecule has 0 radical (unpaired) electrons. The first-order valence-corrected chi connectivity index (χ1v) is 7.14. The minimum absolute atomic E-state index is 0.0702. The van der Waals surface area contributed by atoms with Gasteiger partial charge in [-0.15, -0.1) is 0 Å². The normalized spacial score (nSPS) is 20.2. The molecule has 0 aromatic heterocycles. The predicted octanol–water partition coefficient (Wildman–Crippen LogP) is 2.06. The van der Waals surface area contributed by atoms with Crippen LogP contribution in [0.5, 0.6) is 0 Å². The molecule has 4 heteroatoms. The summed E-state index contributed by atoms with van der Waals surface area (Å²) in [4.78, 5) is 14.4. The van der Waals surface area contributed by atoms with Gasteiger partial charge in [0.15, 0.2) is 0 Å². The van der Waals surface area contributed by atoms with Crippen LogP contribution in [0.3, 0.4) is 0 Å². The number of nitriles is 1. The molecular formula is C16H20N2O2. The molecule has 0 spiro atoms. The van der Waals surface area contributed by atoms with Crippen LogP contribution in [-0.4, -0.2) is 35.1 Å². The minimum Gasteiger partial charge on any atom is -0.396 e. The highest BCUT2D eigenvalue weighted by Gasteiger charge is 2.31. The van der Waals surface area contributed by atoms with Crippen molar-refractivity contribution in [1.29, 1.82) is 5.26 Å². The van der Waals surface area contributed by atoms with Crippen molar-refractivity contribution >= 4 is 5.91 Å². The largest absolute Gasteiger partial charge is 0.396 e. The van der Waals surface area contributed by atoms with Gasteiger partial charge in [-0.3, -0.25) is 4.79 Å². The Labute approximate surface area is 119 Å². The number of hydrogen-bond donors (Lipinski definition) is 1. The van der Waals surface area contributed by atoms with E-state index in [-0.39, 0.29) is 18.6 Å². The number of carbonyl (C=O) groups excluding carboxylic acids is 1. The van der Waals surface area contributed by atoms with E-state index in [0.29, 0.717) is 13.0 Å². The fourth-order valence-corrected chi connectivity index (χ4v) is 2.82. The lowest BCUT2D eigenvalue weighted by atomic mass is 9.94. The fourth-order valence-electron chi connectivity index (χ4n) is 2.82. The van der Waals surface area contributed by atoms with E-state index in [0.717, 1.165) is 24.8 Å². The number of nitrogens with zero attached hydrogens (tertiary/aromatic N) is 2. The van der Waals surface area contributed by atoms with Crippen LogP contribution < -0.4 is 0 Å². The van der Waals surface area contributed by atoms with Gasteiger partial charge in [-0.05, 0) is 31.2 Å². The van der Waals surface area contributed by atoms with Crippen molar-refractivity contribution in [2.24, 2.45) is 0 Å². The zero-order chi connectivity index (χ0) is 14.4. The third-order valence-electron chi connectivity index (χ3n) is 3.88. The molecule has 1 aromatic rings. The summed E-state index contributed by atoms with van der Waals surface area (Å²) in [6, 6.07) is 11.4. The topological polar surface area (TPSA) is 64.3 Å². The molecule has 1 N–H and O–H groups in total. The molecule has 0 saturated carbocycles. The monoisotopic (exact) mass is 272 g/mol. The second kappa shape index (κ2) is 7.06. The summed E-state index contributed by atoms with van der Waals surface area (Å²) in [7, 11) is 0. The second-order valence-corrected chi connectivity index (χ2v) is 5.17. The van der Waals surface area contributed by atoms with Crippen LogP contribution in [0.4, 0.5) is 0 Å². The number of amides is 1. The molecule has 1 saturated heterocycles. The SMILES string of the molecule is N#CC(C(=O)N1CCCCC1CCO)c1ccccc1. The molecule has 1 aliphatic rings. The summed E-state index contributed by atoms with van der Waals surface area (Å²) in [5.41, 5.74) is 0.744. The summed E-state index contributed by atoms with van der Waals surface area (Å²) in [5.74, 6) is -0.868. The Balaban J connectivity index is 2.17. The average Bonchev–Trinajstić information content (AvgIpc) is 2.50. The molecule has 2 unspecified atom stereocenters. The van der Waals surface area contributed by atoms with Gasteiger partial charge in [0.25, 0.3) is 0 Å². The van der Waals surface area contributed by atoms with Gasteiger partial charge in [0, 0.05) is 19.2 Å². The van der Waals surface area contributed by atoms with Crippen molar-refractivity contribution < 1.29 is 9.90 Å². The van der Waals surface area contributed by atoms with E-state index in [1.54, 1.807) is 4.90 Å². The number of hydrogen-bond acceptors (Lipinski definition) is 3. The first kappa shape index (κ1) is 14.5. The smallest absolute Gasteiger partial charge is 0.244 e. The van der Waals surface area contributed by atoms with Gasteiger partial charge in [-0.1, -0.05) is 30.3 Å². The molecule has 106 valence electrons. The molecule has 2 atom stereocenters. The number of rotatable bonds is 4. The number of aliphatic hydroxyl groups excluding tert-OH is 1. The van der Waals surface area contributed by atoms with Crippen molar-refractivity contribution in [2.75, 3.05) is 13.2 Å². The number of aliphatic hydroxyl groups is 1. The first-order valence-electron chi connectivity index (χ1n) is 7.14. The van der Waals surface area contributed by atoms with Gasteiger partial charge >= 0.3 is 0 Å². The molecule has 1 fully saturated rings. The quantitative estimate of drug-likeness (QED) is 0.912. The Hall–Kier alpha value is -1.86. The Bertz CT molecular complexity index is 479. The van der Waals surface area contributed by atoms with Crippen molar-refractivity contribution in [2.45, 2.75) is 37.6 Å². The third-order valence-corrected chi connectivity index (χ3v) is 3.88. The number of likely N-dealkylation sites (tertiary alicyclic amines) is 1. The Morgan fingerprint density at radius 2 is 2.15 bits per heavy atom. The van der Waals surface area contributed by atoms with Gasteiger partial charge in [0.05, 0.1) is 6.07 Å². The molecule has 2 rings (SSSR count). The van der Waals surface area contributed by atoms with Gasteiger partial charge in [0.1, 0.15) is 5.92 Å². The lowest BCUT2D eigenvalue weighted by molar-refractivity contribution is -0.135. The standard InChI is InChI=1S/C16H20N2O2/c17-12-15(13-6-2-1-3-7-13)16(20)18-10-5-4-8-14(18)9-11-19/h1-3,6-7,14-15,19H,4-5,8-11H2. The average molecular weight is 272 g/mol. The van der Waals surface area contributed by atoms with Gasteiger partial charge in [-0.2, -0.15) is 5.26 Å². The number of benzene rings is 1. The minimum atomic E-state index is -0.740. The summed E-state index contributed by atoms with van der Waals surface area (Å²) < 4.78 is 0. The summed E-state index contributed by atoms with van der Waals surface area (Å²) in [6.07, 6.45) is 3.57. The molecule has 1 aromatic carbocycles. The van der Waals surface area contributed by atoms with Crippen molar-refractivity contribution in [3.05, 3.63) is 35.9 Å². The number of carbonyl (C=O) groups is 1. The van der Waals surface area contributed by atoms with Gasteiger partial charge in [-0.25, -0.2) is 0 Å². The van der Waals surface area contributed by atoms with Crippen molar-refractivity contribution in [3.63, 3.8) is 0 Å². The van der Waals surface area contributed by atoms with Crippen molar-refractivity contribution in [3.8, 4) is 6.07 Å². The van der Waals surface area contributed by atoms with Crippen LogP contribution in [0.25, 0.3) is 0 Å². The Morgan fingerprint density at radius 3 is 2.80 bits per heavy atom. The molecule has 4 nitrogen and oxygen atoms in total. The zero-order valence-corrected chi connectivity index (χ0v) is 11.5. The highest BCUT2D eigenvalue weighted by Crippen LogP contribution is 2.25. The Morgan fingerprint density at radius 1 is 1.40 bits per heavy atom. The lowest BCUT2D eigenvalue weighted by Gasteiger charge is -2.36. The highest BCUT2D eigenvalue weighted by atomic mass is 16.3. The predicted molar refractivity (Wildman–Crippen MR) is 75.9 cm³/mol. The van der Waals surface area contributed by atoms with Crippen LogP contribution in [-0.2, 0) is 4.79 Å². The first-order chi connectivity index (χ1) is 9.77. The van der Waals surface area contributed by atoms with Gasteiger partial charge < -0.3 is 10.0 Å². The van der Waals surface area contributed by atoms with E-state index in [2.05, 4.69) is 6.07 Å². The van der Waals surface area contributed by atoms with E-state index in [1.165, 1.54) is 0 Å². The second-order valence-electron chi connectivity index (χ2n) is 5.17. The molecule has 0 aliphatic carbocycles. The van der Waals surface area contributed by atoms with Crippen LogP contribution >= 0.6 is 0 Å². The maximum Gasteiger partial charge on any atom is 0.244 e. The molecular weight excluding hydrogens is 252 g/mol. The van der Waals surface area contributed by atoms with Crippen LogP contribution in [0, 0.1) is 11.3 Å². The van der Waals surface area contributed by atoms with E-state index in [4.69, 9.17) is 5.11 Å². The van der Waals surface area contributed by atoms with Crippen LogP contribution in [0.1, 0.15) is 37.2 Å². The summed E-state index contributed by atoms with van der Waals surface area (Å²) in [5, 5.41) is 18.5. The highest BCUT2D eigenvalue weighted by molar-refractivity contribution is 5.86. The van der Waals surface area contributed by atoms with E-state index in [1.807, 2.05) is 30.3 Å². The van der Waals surface area contributed by atoms with Gasteiger partial charge in [0.2, 0.25) is 5.91 Å². The molecule has 1 amide bonds. The van der Waals surface area contributed by atoms with Crippen molar-refractivity contribution in [1.82, 2.24) is 4.90 Å². The van der Waals surface area contributed by atoms with E-state index in [9.17, 15) is 10.1 Å². The van der Waals surface area contributed by atoms with E-state index >= 15 is 0 Å². The Kier molecular flexibility index (Phi) is 5.14. The number of piperidine rings is 1. The molecule has 1 heterocycles. The lowest BCUT2D eigenvalue weighted by Crippen LogP contribution is -2.46. The molecule has 0 bridgehead atoms. The van der Waals surface area contributed by atoms with Crippen LogP contribution in [0.2, 0.25) is 0 Å². The third kappa shape index (κ3) is 3.17. The maximum absolute atomic E-state index is 12.6. The molecule has 1 aliphatic heterocycles. The van der Waals surface area contributed by atoms with Crippen LogP contribution in [0.15, 0.2) is 30.3 Å². The van der Waals surface area contributed by atoms with E-state index < -0.39 is 5.92 Å².